The van der Waals surface area contributed by atoms with Crippen LogP contribution in [0.15, 0.2) is 59.5 Å². The summed E-state index contributed by atoms with van der Waals surface area (Å²) in [7, 11) is -3.84. The van der Waals surface area contributed by atoms with E-state index in [0.717, 1.165) is 12.0 Å². The molecule has 0 spiro atoms. The molecule has 29 heavy (non-hydrogen) atoms. The van der Waals surface area contributed by atoms with Gasteiger partial charge >= 0.3 is 0 Å². The molecule has 1 saturated heterocycles. The highest BCUT2D eigenvalue weighted by atomic mass is 32.2. The number of hydrogen-bond donors (Lipinski definition) is 1. The largest absolute Gasteiger partial charge is 0.348 e. The molecule has 1 fully saturated rings. The molecule has 1 heterocycles. The molecule has 0 aliphatic carbocycles. The minimum absolute atomic E-state index is 0.0957. The number of hydrogen-bond acceptors (Lipinski definition) is 4. The lowest BCUT2D eigenvalue weighted by molar-refractivity contribution is -0.126. The van der Waals surface area contributed by atoms with Crippen molar-refractivity contribution in [2.75, 3.05) is 6.54 Å². The van der Waals surface area contributed by atoms with Crippen LogP contribution in [0.5, 0.6) is 0 Å². The van der Waals surface area contributed by atoms with E-state index in [1.807, 2.05) is 37.3 Å². The predicted molar refractivity (Wildman–Crippen MR) is 111 cm³/mol. The van der Waals surface area contributed by atoms with Gasteiger partial charge in [-0.3, -0.25) is 9.59 Å². The third kappa shape index (κ3) is 4.74. The average molecular weight is 415 g/mol. The molecule has 154 valence electrons. The monoisotopic (exact) mass is 414 g/mol. The Morgan fingerprint density at radius 2 is 1.69 bits per heavy atom. The fourth-order valence-electron chi connectivity index (χ4n) is 3.59. The predicted octanol–water partition coefficient (Wildman–Crippen LogP) is 3.31. The first kappa shape index (κ1) is 21.2. The maximum absolute atomic E-state index is 13.2. The van der Waals surface area contributed by atoms with Gasteiger partial charge < -0.3 is 5.32 Å². The van der Waals surface area contributed by atoms with Crippen LogP contribution in [0.2, 0.25) is 0 Å². The van der Waals surface area contributed by atoms with Gasteiger partial charge in [0.2, 0.25) is 15.9 Å². The van der Waals surface area contributed by atoms with E-state index < -0.39 is 16.1 Å². The van der Waals surface area contributed by atoms with Gasteiger partial charge in [-0.1, -0.05) is 48.9 Å². The lowest BCUT2D eigenvalue weighted by Crippen LogP contribution is -2.52. The van der Waals surface area contributed by atoms with Crippen LogP contribution in [0.1, 0.15) is 55.1 Å². The molecule has 1 aliphatic rings. The quantitative estimate of drug-likeness (QED) is 0.735. The van der Waals surface area contributed by atoms with Crippen molar-refractivity contribution < 1.29 is 18.0 Å². The molecule has 1 aliphatic heterocycles. The van der Waals surface area contributed by atoms with Gasteiger partial charge in [0.1, 0.15) is 6.04 Å². The Bertz CT molecular complexity index is 972. The summed E-state index contributed by atoms with van der Waals surface area (Å²) < 4.78 is 27.7. The number of nitrogens with one attached hydrogen (secondary N) is 1. The van der Waals surface area contributed by atoms with Crippen molar-refractivity contribution in [3.05, 3.63) is 65.7 Å². The molecule has 0 bridgehead atoms. The molecule has 7 heteroatoms. The summed E-state index contributed by atoms with van der Waals surface area (Å²) in [6.07, 6.45) is 1.99. The molecule has 0 aromatic heterocycles. The van der Waals surface area contributed by atoms with Crippen LogP contribution in [0.25, 0.3) is 0 Å². The standard InChI is InChI=1S/C22H26N2O4S/c1-16(18-8-4-3-5-9-18)23-22(26)21-10-6-7-15-24(21)29(27,28)20-13-11-19(12-14-20)17(2)25/h3-5,8-9,11-14,16,21H,6-7,10,15H2,1-2H3,(H,23,26). The van der Waals surface area contributed by atoms with E-state index in [1.54, 1.807) is 0 Å². The normalized spacial score (nSPS) is 18.8. The topological polar surface area (TPSA) is 83.6 Å². The Morgan fingerprint density at radius 1 is 1.03 bits per heavy atom. The molecule has 0 saturated carbocycles. The van der Waals surface area contributed by atoms with Gasteiger partial charge in [-0.25, -0.2) is 8.42 Å². The van der Waals surface area contributed by atoms with E-state index >= 15 is 0 Å². The van der Waals surface area contributed by atoms with Gasteiger partial charge in [0.25, 0.3) is 0 Å². The van der Waals surface area contributed by atoms with Crippen molar-refractivity contribution in [3.8, 4) is 0 Å². The fraction of sp³-hybridized carbons (Fsp3) is 0.364. The summed E-state index contributed by atoms with van der Waals surface area (Å²) in [6.45, 7) is 3.62. The number of nitrogens with zero attached hydrogens (tertiary/aromatic N) is 1. The molecule has 0 radical (unpaired) electrons. The average Bonchev–Trinajstić information content (AvgIpc) is 2.74. The third-order valence-electron chi connectivity index (χ3n) is 5.28. The van der Waals surface area contributed by atoms with Crippen LogP contribution < -0.4 is 5.32 Å². The van der Waals surface area contributed by atoms with Crippen molar-refractivity contribution in [3.63, 3.8) is 0 Å². The SMILES string of the molecule is CC(=O)c1ccc(S(=O)(=O)N2CCCCC2C(=O)NC(C)c2ccccc2)cc1. The van der Waals surface area contributed by atoms with Crippen molar-refractivity contribution in [1.29, 1.82) is 0 Å². The van der Waals surface area contributed by atoms with Gasteiger partial charge in [-0.05, 0) is 44.4 Å². The Kier molecular flexibility index (Phi) is 6.49. The van der Waals surface area contributed by atoms with E-state index in [0.29, 0.717) is 24.9 Å². The maximum atomic E-state index is 13.2. The highest BCUT2D eigenvalue weighted by Gasteiger charge is 2.38. The second-order valence-electron chi connectivity index (χ2n) is 7.35. The number of piperidine rings is 1. The van der Waals surface area contributed by atoms with Crippen LogP contribution in [0.3, 0.4) is 0 Å². The van der Waals surface area contributed by atoms with Gasteiger partial charge in [-0.2, -0.15) is 4.31 Å². The lowest BCUT2D eigenvalue weighted by Gasteiger charge is -2.34. The first-order valence-corrected chi connectivity index (χ1v) is 11.2. The molecule has 1 amide bonds. The van der Waals surface area contributed by atoms with E-state index in [4.69, 9.17) is 0 Å². The number of sulfonamides is 1. The van der Waals surface area contributed by atoms with Crippen molar-refractivity contribution in [2.24, 2.45) is 0 Å². The Balaban J connectivity index is 1.81. The Labute approximate surface area is 172 Å². The molecule has 1 N–H and O–H groups in total. The number of carbonyl (C=O) groups is 2. The van der Waals surface area contributed by atoms with E-state index in [9.17, 15) is 18.0 Å². The van der Waals surface area contributed by atoms with Crippen LogP contribution >= 0.6 is 0 Å². The second-order valence-corrected chi connectivity index (χ2v) is 9.24. The van der Waals surface area contributed by atoms with Gasteiger partial charge in [0.15, 0.2) is 5.78 Å². The Morgan fingerprint density at radius 3 is 2.31 bits per heavy atom. The molecular formula is C22H26N2O4S. The minimum atomic E-state index is -3.84. The zero-order valence-corrected chi connectivity index (χ0v) is 17.5. The van der Waals surface area contributed by atoms with E-state index in [2.05, 4.69) is 5.32 Å². The second kappa shape index (κ2) is 8.88. The van der Waals surface area contributed by atoms with Crippen molar-refractivity contribution in [1.82, 2.24) is 9.62 Å². The van der Waals surface area contributed by atoms with Crippen molar-refractivity contribution >= 4 is 21.7 Å². The number of carbonyl (C=O) groups excluding carboxylic acids is 2. The number of rotatable bonds is 6. The molecule has 2 aromatic rings. The minimum Gasteiger partial charge on any atom is -0.348 e. The van der Waals surface area contributed by atoms with Crippen LogP contribution in [-0.2, 0) is 14.8 Å². The van der Waals surface area contributed by atoms with E-state index in [-0.39, 0.29) is 22.6 Å². The van der Waals surface area contributed by atoms with Gasteiger partial charge in [0.05, 0.1) is 10.9 Å². The third-order valence-corrected chi connectivity index (χ3v) is 7.20. The van der Waals surface area contributed by atoms with Crippen LogP contribution in [0, 0.1) is 0 Å². The fourth-order valence-corrected chi connectivity index (χ4v) is 5.24. The summed E-state index contributed by atoms with van der Waals surface area (Å²) in [5, 5.41) is 2.95. The number of Topliss-reactive ketones (excluding diaryl/α,β-unsaturated/α-hetero) is 1. The highest BCUT2D eigenvalue weighted by Crippen LogP contribution is 2.26. The van der Waals surface area contributed by atoms with Crippen LogP contribution in [0.4, 0.5) is 0 Å². The first-order valence-electron chi connectivity index (χ1n) is 9.79. The van der Waals surface area contributed by atoms with Gasteiger partial charge in [0, 0.05) is 12.1 Å². The summed E-state index contributed by atoms with van der Waals surface area (Å²) in [5.41, 5.74) is 1.42. The van der Waals surface area contributed by atoms with Crippen molar-refractivity contribution in [2.45, 2.75) is 50.1 Å². The molecule has 3 rings (SSSR count). The number of ketones is 1. The molecule has 6 nitrogen and oxygen atoms in total. The highest BCUT2D eigenvalue weighted by molar-refractivity contribution is 7.89. The lowest BCUT2D eigenvalue weighted by atomic mass is 10.0. The van der Waals surface area contributed by atoms with Crippen LogP contribution in [-0.4, -0.2) is 37.0 Å². The molecular weight excluding hydrogens is 388 g/mol. The molecule has 2 unspecified atom stereocenters. The Hall–Kier alpha value is -2.51. The number of benzene rings is 2. The maximum Gasteiger partial charge on any atom is 0.243 e. The summed E-state index contributed by atoms with van der Waals surface area (Å²) in [6, 6.07) is 14.5. The summed E-state index contributed by atoms with van der Waals surface area (Å²) in [5.74, 6) is -0.413. The zero-order chi connectivity index (χ0) is 21.0. The van der Waals surface area contributed by atoms with E-state index in [1.165, 1.54) is 35.5 Å². The smallest absolute Gasteiger partial charge is 0.243 e. The number of amides is 1. The summed E-state index contributed by atoms with van der Waals surface area (Å²) in [4.78, 5) is 24.5. The zero-order valence-electron chi connectivity index (χ0n) is 16.7. The molecule has 2 atom stereocenters. The summed E-state index contributed by atoms with van der Waals surface area (Å²) >= 11 is 0. The van der Waals surface area contributed by atoms with Gasteiger partial charge in [-0.15, -0.1) is 0 Å². The first-order chi connectivity index (χ1) is 13.8. The molecule has 2 aromatic carbocycles.